The molecule has 0 unspecified atom stereocenters. The van der Waals surface area contributed by atoms with Gasteiger partial charge in [0.1, 0.15) is 23.0 Å². The van der Waals surface area contributed by atoms with Crippen molar-refractivity contribution in [1.82, 2.24) is 0 Å². The third-order valence-electron chi connectivity index (χ3n) is 4.49. The lowest BCUT2D eigenvalue weighted by Crippen LogP contribution is -2.21. The van der Waals surface area contributed by atoms with Crippen LogP contribution in [0.3, 0.4) is 0 Å². The molecule has 0 saturated carbocycles. The van der Waals surface area contributed by atoms with E-state index >= 15 is 0 Å². The lowest BCUT2D eigenvalue weighted by atomic mass is 9.85. The van der Waals surface area contributed by atoms with Crippen LogP contribution in [0.15, 0.2) is 48.8 Å². The van der Waals surface area contributed by atoms with Crippen molar-refractivity contribution in [1.29, 1.82) is 0 Å². The molecule has 0 bridgehead atoms. The molecule has 0 fully saturated rings. The fourth-order valence-corrected chi connectivity index (χ4v) is 3.31. The van der Waals surface area contributed by atoms with Crippen molar-refractivity contribution >= 4 is 0 Å². The first-order valence-corrected chi connectivity index (χ1v) is 8.42. The van der Waals surface area contributed by atoms with Crippen LogP contribution in [0.25, 0.3) is 0 Å². The minimum Gasteiger partial charge on any atom is -0.507 e. The summed E-state index contributed by atoms with van der Waals surface area (Å²) in [6.45, 7) is 3.07. The monoisotopic (exact) mass is 384 g/mol. The van der Waals surface area contributed by atoms with Crippen molar-refractivity contribution in [2.75, 3.05) is 6.79 Å². The fraction of sp³-hybridized carbons (Fsp3) is 0.200. The van der Waals surface area contributed by atoms with Crippen LogP contribution < -0.4 is 20.7 Å². The summed E-state index contributed by atoms with van der Waals surface area (Å²) in [5.41, 5.74) is -1.66. The topological polar surface area (TPSA) is 119 Å². The van der Waals surface area contributed by atoms with E-state index in [9.17, 15) is 19.8 Å². The SMILES string of the molecule is Cc1cc(O)c(C(c2ccc3c(c2)OCO3)c2c(O)cc(C)oc2=O)c(=O)o1. The Balaban J connectivity index is 2.03. The van der Waals surface area contributed by atoms with E-state index in [2.05, 4.69) is 0 Å². The quantitative estimate of drug-likeness (QED) is 0.707. The number of aryl methyl sites for hydroxylation is 2. The van der Waals surface area contributed by atoms with Gasteiger partial charge in [0, 0.05) is 12.1 Å². The van der Waals surface area contributed by atoms with E-state index in [0.717, 1.165) is 0 Å². The van der Waals surface area contributed by atoms with Crippen molar-refractivity contribution < 1.29 is 28.5 Å². The van der Waals surface area contributed by atoms with Crippen LogP contribution in [0.2, 0.25) is 0 Å². The van der Waals surface area contributed by atoms with Crippen molar-refractivity contribution in [3.63, 3.8) is 0 Å². The number of rotatable bonds is 3. The third-order valence-corrected chi connectivity index (χ3v) is 4.49. The summed E-state index contributed by atoms with van der Waals surface area (Å²) in [6.07, 6.45) is 0. The molecule has 0 amide bonds. The zero-order chi connectivity index (χ0) is 20.0. The van der Waals surface area contributed by atoms with Gasteiger partial charge in [0.05, 0.1) is 17.0 Å². The molecule has 1 aliphatic rings. The van der Waals surface area contributed by atoms with Crippen LogP contribution >= 0.6 is 0 Å². The highest BCUT2D eigenvalue weighted by molar-refractivity contribution is 5.54. The van der Waals surface area contributed by atoms with Gasteiger partial charge in [0.2, 0.25) is 6.79 Å². The van der Waals surface area contributed by atoms with E-state index in [1.807, 2.05) is 0 Å². The maximum Gasteiger partial charge on any atom is 0.343 e. The maximum atomic E-state index is 12.6. The second kappa shape index (κ2) is 6.49. The van der Waals surface area contributed by atoms with Gasteiger partial charge in [-0.2, -0.15) is 0 Å². The predicted molar refractivity (Wildman–Crippen MR) is 96.3 cm³/mol. The molecule has 1 aromatic carbocycles. The van der Waals surface area contributed by atoms with E-state index < -0.39 is 17.2 Å². The number of hydrogen-bond donors (Lipinski definition) is 2. The summed E-state index contributed by atoms with van der Waals surface area (Å²) >= 11 is 0. The molecule has 3 aromatic rings. The van der Waals surface area contributed by atoms with Gasteiger partial charge in [-0.05, 0) is 31.5 Å². The first kappa shape index (κ1) is 17.7. The number of ether oxygens (including phenoxy) is 2. The smallest absolute Gasteiger partial charge is 0.343 e. The van der Waals surface area contributed by atoms with Gasteiger partial charge in [-0.3, -0.25) is 0 Å². The second-order valence-electron chi connectivity index (χ2n) is 6.43. The van der Waals surface area contributed by atoms with Crippen molar-refractivity contribution in [3.8, 4) is 23.0 Å². The average molecular weight is 384 g/mol. The Hall–Kier alpha value is -3.68. The van der Waals surface area contributed by atoms with Crippen LogP contribution in [0, 0.1) is 13.8 Å². The summed E-state index contributed by atoms with van der Waals surface area (Å²) in [5, 5.41) is 20.9. The van der Waals surface area contributed by atoms with E-state index in [-0.39, 0.29) is 40.9 Å². The Morgan fingerprint density at radius 1 is 0.821 bits per heavy atom. The highest BCUT2D eigenvalue weighted by Gasteiger charge is 2.32. The van der Waals surface area contributed by atoms with E-state index in [1.165, 1.54) is 26.0 Å². The first-order valence-electron chi connectivity index (χ1n) is 8.42. The lowest BCUT2D eigenvalue weighted by Gasteiger charge is -2.19. The van der Waals surface area contributed by atoms with Crippen molar-refractivity contribution in [2.45, 2.75) is 19.8 Å². The van der Waals surface area contributed by atoms with Crippen LogP contribution in [0.4, 0.5) is 0 Å². The summed E-state index contributed by atoms with van der Waals surface area (Å²) < 4.78 is 20.9. The molecule has 8 heteroatoms. The lowest BCUT2D eigenvalue weighted by molar-refractivity contribution is 0.174. The Labute approximate surface area is 158 Å². The minimum absolute atomic E-state index is 0.0410. The molecule has 0 spiro atoms. The predicted octanol–water partition coefficient (Wildman–Crippen LogP) is 2.53. The molecule has 0 saturated heterocycles. The van der Waals surface area contributed by atoms with Crippen molar-refractivity contribution in [2.24, 2.45) is 0 Å². The van der Waals surface area contributed by atoms with Gasteiger partial charge in [-0.15, -0.1) is 0 Å². The van der Waals surface area contributed by atoms with Crippen molar-refractivity contribution in [3.05, 3.63) is 79.4 Å². The summed E-state index contributed by atoms with van der Waals surface area (Å²) in [5.74, 6) is -0.557. The average Bonchev–Trinajstić information content (AvgIpc) is 3.06. The molecule has 0 aliphatic carbocycles. The molecule has 2 N–H and O–H groups in total. The van der Waals surface area contributed by atoms with Crippen LogP contribution in [0.1, 0.15) is 34.1 Å². The summed E-state index contributed by atoms with van der Waals surface area (Å²) in [6, 6.07) is 7.33. The highest BCUT2D eigenvalue weighted by Crippen LogP contribution is 2.41. The molecule has 1 aliphatic heterocycles. The zero-order valence-corrected chi connectivity index (χ0v) is 15.0. The second-order valence-corrected chi connectivity index (χ2v) is 6.43. The van der Waals surface area contributed by atoms with Crippen LogP contribution in [0.5, 0.6) is 23.0 Å². The highest BCUT2D eigenvalue weighted by atomic mass is 16.7. The molecule has 28 heavy (non-hydrogen) atoms. The van der Waals surface area contributed by atoms with E-state index in [0.29, 0.717) is 17.1 Å². The molecular weight excluding hydrogens is 368 g/mol. The van der Waals surface area contributed by atoms with Crippen LogP contribution in [-0.4, -0.2) is 17.0 Å². The van der Waals surface area contributed by atoms with Gasteiger partial charge in [-0.25, -0.2) is 9.59 Å². The molecule has 2 aromatic heterocycles. The fourth-order valence-electron chi connectivity index (χ4n) is 3.31. The molecule has 4 rings (SSSR count). The standard InChI is InChI=1S/C20H16O8/c1-9-5-12(21)17(19(23)27-9)16(18-13(22)6-10(2)28-20(18)24)11-3-4-14-15(7-11)26-8-25-14/h3-7,16,21-22H,8H2,1-2H3. The number of aromatic hydroxyl groups is 2. The molecule has 8 nitrogen and oxygen atoms in total. The zero-order valence-electron chi connectivity index (χ0n) is 15.0. The van der Waals surface area contributed by atoms with E-state index in [1.54, 1.807) is 18.2 Å². The van der Waals surface area contributed by atoms with Gasteiger partial charge in [-0.1, -0.05) is 6.07 Å². The van der Waals surface area contributed by atoms with Gasteiger partial charge < -0.3 is 28.5 Å². The van der Waals surface area contributed by atoms with Gasteiger partial charge in [0.15, 0.2) is 11.5 Å². The Morgan fingerprint density at radius 3 is 1.89 bits per heavy atom. The molecule has 144 valence electrons. The number of benzene rings is 1. The van der Waals surface area contributed by atoms with Gasteiger partial charge in [0.25, 0.3) is 0 Å². The molecule has 0 atom stereocenters. The molecule has 0 radical (unpaired) electrons. The number of hydrogen-bond acceptors (Lipinski definition) is 8. The third kappa shape index (κ3) is 2.88. The largest absolute Gasteiger partial charge is 0.507 e. The molecular formula is C20H16O8. The number of fused-ring (bicyclic) bond motifs is 1. The van der Waals surface area contributed by atoms with Crippen LogP contribution in [-0.2, 0) is 0 Å². The van der Waals surface area contributed by atoms with Gasteiger partial charge >= 0.3 is 11.3 Å². The first-order chi connectivity index (χ1) is 13.3. The summed E-state index contributed by atoms with van der Waals surface area (Å²) in [4.78, 5) is 25.2. The summed E-state index contributed by atoms with van der Waals surface area (Å²) in [7, 11) is 0. The minimum atomic E-state index is -1.15. The van der Waals surface area contributed by atoms with E-state index in [4.69, 9.17) is 18.3 Å². The Kier molecular flexibility index (Phi) is 4.11. The molecule has 3 heterocycles. The Morgan fingerprint density at radius 2 is 1.36 bits per heavy atom. The normalized spacial score (nSPS) is 12.5. The Bertz CT molecular complexity index is 1120. The maximum absolute atomic E-state index is 12.6.